The summed E-state index contributed by atoms with van der Waals surface area (Å²) < 4.78 is 1.61. The molecular formula is C9H10N4O. The molecule has 1 aromatic heterocycles. The van der Waals surface area contributed by atoms with Crippen LogP contribution >= 0.6 is 0 Å². The number of aromatic nitrogens is 3. The fourth-order valence-corrected chi connectivity index (χ4v) is 1.12. The van der Waals surface area contributed by atoms with Crippen LogP contribution < -0.4 is 5.73 Å². The van der Waals surface area contributed by atoms with Crippen molar-refractivity contribution in [3.05, 3.63) is 36.4 Å². The molecule has 0 aliphatic rings. The predicted octanol–water partition coefficient (Wildman–Crippen LogP) is 0.432. The van der Waals surface area contributed by atoms with Crippen LogP contribution in [0.3, 0.4) is 0 Å². The van der Waals surface area contributed by atoms with E-state index in [2.05, 4.69) is 10.1 Å². The first-order valence-electron chi connectivity index (χ1n) is 4.19. The van der Waals surface area contributed by atoms with Crippen LogP contribution in [0.2, 0.25) is 0 Å². The third-order valence-electron chi connectivity index (χ3n) is 1.84. The van der Waals surface area contributed by atoms with Gasteiger partial charge in [-0.25, -0.2) is 9.67 Å². The normalized spacial score (nSPS) is 10.4. The molecule has 5 heteroatoms. The maximum atomic E-state index is 9.09. The second-order valence-electron chi connectivity index (χ2n) is 2.83. The molecule has 0 radical (unpaired) electrons. The first-order valence-corrected chi connectivity index (χ1v) is 4.19. The topological polar surface area (TPSA) is 77.0 Å². The Bertz CT molecular complexity index is 421. The third-order valence-corrected chi connectivity index (χ3v) is 1.84. The van der Waals surface area contributed by atoms with E-state index in [1.54, 1.807) is 35.3 Å². The fourth-order valence-electron chi connectivity index (χ4n) is 1.12. The van der Waals surface area contributed by atoms with E-state index in [0.29, 0.717) is 12.4 Å². The van der Waals surface area contributed by atoms with Gasteiger partial charge in [-0.05, 0) is 24.3 Å². The molecule has 72 valence electrons. The number of hydrogen-bond acceptors (Lipinski definition) is 4. The van der Waals surface area contributed by atoms with Crippen LogP contribution in [0.1, 0.15) is 5.82 Å². The summed E-state index contributed by atoms with van der Waals surface area (Å²) in [7, 11) is 0. The highest BCUT2D eigenvalue weighted by molar-refractivity contribution is 5.35. The lowest BCUT2D eigenvalue weighted by Gasteiger charge is -1.99. The van der Waals surface area contributed by atoms with Crippen LogP contribution in [0.25, 0.3) is 5.69 Å². The lowest BCUT2D eigenvalue weighted by atomic mass is 10.3. The summed E-state index contributed by atoms with van der Waals surface area (Å²) in [5, 5.41) is 13.2. The molecule has 14 heavy (non-hydrogen) atoms. The molecule has 0 saturated carbocycles. The van der Waals surface area contributed by atoms with Crippen LogP contribution in [0.4, 0.5) is 0 Å². The second-order valence-corrected chi connectivity index (χ2v) is 2.83. The van der Waals surface area contributed by atoms with Crippen molar-refractivity contribution >= 4 is 0 Å². The minimum atomic E-state index is 0.230. The van der Waals surface area contributed by atoms with Crippen molar-refractivity contribution in [3.8, 4) is 11.4 Å². The molecule has 3 N–H and O–H groups in total. The Hall–Kier alpha value is -1.88. The van der Waals surface area contributed by atoms with E-state index in [0.717, 1.165) is 5.69 Å². The Morgan fingerprint density at radius 1 is 1.29 bits per heavy atom. The molecule has 0 fully saturated rings. The van der Waals surface area contributed by atoms with Gasteiger partial charge in [-0.15, -0.1) is 5.10 Å². The summed E-state index contributed by atoms with van der Waals surface area (Å²) in [6, 6.07) is 6.70. The number of aromatic hydroxyl groups is 1. The zero-order valence-corrected chi connectivity index (χ0v) is 7.46. The molecule has 1 heterocycles. The molecule has 0 saturated heterocycles. The van der Waals surface area contributed by atoms with Crippen LogP contribution in [0.15, 0.2) is 30.6 Å². The summed E-state index contributed by atoms with van der Waals surface area (Å²) in [5.41, 5.74) is 6.23. The van der Waals surface area contributed by atoms with E-state index in [1.165, 1.54) is 0 Å². The molecule has 0 spiro atoms. The Morgan fingerprint density at radius 3 is 2.57 bits per heavy atom. The van der Waals surface area contributed by atoms with Gasteiger partial charge in [0.1, 0.15) is 12.1 Å². The molecule has 2 aromatic rings. The lowest BCUT2D eigenvalue weighted by Crippen LogP contribution is -2.00. The molecular weight excluding hydrogens is 180 g/mol. The zero-order valence-electron chi connectivity index (χ0n) is 7.46. The Labute approximate surface area is 80.8 Å². The van der Waals surface area contributed by atoms with Crippen molar-refractivity contribution in [3.63, 3.8) is 0 Å². The predicted molar refractivity (Wildman–Crippen MR) is 50.9 cm³/mol. The van der Waals surface area contributed by atoms with Gasteiger partial charge in [0.15, 0.2) is 5.82 Å². The quantitative estimate of drug-likeness (QED) is 0.720. The van der Waals surface area contributed by atoms with Crippen LogP contribution in [0.5, 0.6) is 5.75 Å². The smallest absolute Gasteiger partial charge is 0.164 e. The molecule has 0 aliphatic carbocycles. The first kappa shape index (κ1) is 8.71. The fraction of sp³-hybridized carbons (Fsp3) is 0.111. The molecule has 0 amide bonds. The number of benzene rings is 1. The summed E-state index contributed by atoms with van der Waals surface area (Å²) >= 11 is 0. The van der Waals surface area contributed by atoms with E-state index >= 15 is 0 Å². The molecule has 0 unspecified atom stereocenters. The van der Waals surface area contributed by atoms with Crippen molar-refractivity contribution in [2.75, 3.05) is 0 Å². The molecule has 0 atom stereocenters. The first-order chi connectivity index (χ1) is 6.79. The highest BCUT2D eigenvalue weighted by atomic mass is 16.3. The molecule has 1 aromatic carbocycles. The number of phenolic OH excluding ortho intramolecular Hbond substituents is 1. The monoisotopic (exact) mass is 190 g/mol. The number of nitrogens with zero attached hydrogens (tertiary/aromatic N) is 3. The van der Waals surface area contributed by atoms with E-state index in [1.807, 2.05) is 0 Å². The van der Waals surface area contributed by atoms with E-state index in [4.69, 9.17) is 10.8 Å². The lowest BCUT2D eigenvalue weighted by molar-refractivity contribution is 0.475. The highest BCUT2D eigenvalue weighted by Gasteiger charge is 2.00. The Balaban J connectivity index is 2.34. The largest absolute Gasteiger partial charge is 0.508 e. The minimum absolute atomic E-state index is 0.230. The maximum absolute atomic E-state index is 9.09. The van der Waals surface area contributed by atoms with Gasteiger partial charge < -0.3 is 10.8 Å². The standard InChI is InChI=1S/C9H10N4O/c10-5-9-11-6-13(12-9)7-1-3-8(14)4-2-7/h1-4,6,14H,5,10H2. The van der Waals surface area contributed by atoms with Gasteiger partial charge in [0.25, 0.3) is 0 Å². The third kappa shape index (κ3) is 1.57. The summed E-state index contributed by atoms with van der Waals surface area (Å²) in [4.78, 5) is 4.00. The Kier molecular flexibility index (Phi) is 2.16. The number of phenols is 1. The van der Waals surface area contributed by atoms with Crippen molar-refractivity contribution in [1.29, 1.82) is 0 Å². The highest BCUT2D eigenvalue weighted by Crippen LogP contribution is 2.12. The van der Waals surface area contributed by atoms with Gasteiger partial charge in [0.05, 0.1) is 12.2 Å². The summed E-state index contributed by atoms with van der Waals surface area (Å²) in [6.45, 7) is 0.324. The number of rotatable bonds is 2. The molecule has 0 bridgehead atoms. The molecule has 0 aliphatic heterocycles. The van der Waals surface area contributed by atoms with Crippen molar-refractivity contribution in [1.82, 2.24) is 14.8 Å². The molecule has 5 nitrogen and oxygen atoms in total. The van der Waals surface area contributed by atoms with E-state index < -0.39 is 0 Å². The Morgan fingerprint density at radius 2 is 2.00 bits per heavy atom. The van der Waals surface area contributed by atoms with Gasteiger partial charge in [-0.3, -0.25) is 0 Å². The van der Waals surface area contributed by atoms with Gasteiger partial charge >= 0.3 is 0 Å². The summed E-state index contributed by atoms with van der Waals surface area (Å²) in [5.74, 6) is 0.825. The van der Waals surface area contributed by atoms with Crippen molar-refractivity contribution in [2.45, 2.75) is 6.54 Å². The average molecular weight is 190 g/mol. The number of nitrogens with two attached hydrogens (primary N) is 1. The van der Waals surface area contributed by atoms with E-state index in [-0.39, 0.29) is 5.75 Å². The summed E-state index contributed by atoms with van der Waals surface area (Å²) in [6.07, 6.45) is 1.59. The van der Waals surface area contributed by atoms with Crippen LogP contribution in [-0.2, 0) is 6.54 Å². The van der Waals surface area contributed by atoms with Gasteiger partial charge in [0.2, 0.25) is 0 Å². The SMILES string of the molecule is NCc1ncn(-c2ccc(O)cc2)n1. The molecule has 2 rings (SSSR count). The van der Waals surface area contributed by atoms with Crippen LogP contribution in [0, 0.1) is 0 Å². The zero-order chi connectivity index (χ0) is 9.97. The average Bonchev–Trinajstić information content (AvgIpc) is 2.67. The van der Waals surface area contributed by atoms with Crippen molar-refractivity contribution in [2.24, 2.45) is 5.73 Å². The van der Waals surface area contributed by atoms with Crippen molar-refractivity contribution < 1.29 is 5.11 Å². The van der Waals surface area contributed by atoms with Gasteiger partial charge in [0, 0.05) is 0 Å². The maximum Gasteiger partial charge on any atom is 0.164 e. The second kappa shape index (κ2) is 3.47. The van der Waals surface area contributed by atoms with Crippen LogP contribution in [-0.4, -0.2) is 19.9 Å². The minimum Gasteiger partial charge on any atom is -0.508 e. The van der Waals surface area contributed by atoms with Gasteiger partial charge in [-0.1, -0.05) is 0 Å². The number of hydrogen-bond donors (Lipinski definition) is 2. The van der Waals surface area contributed by atoms with E-state index in [9.17, 15) is 0 Å². The van der Waals surface area contributed by atoms with Gasteiger partial charge in [-0.2, -0.15) is 0 Å².